The van der Waals surface area contributed by atoms with Gasteiger partial charge in [-0.25, -0.2) is 4.79 Å². The van der Waals surface area contributed by atoms with Gasteiger partial charge >= 0.3 is 11.9 Å². The van der Waals surface area contributed by atoms with Gasteiger partial charge in [0.2, 0.25) is 6.79 Å². The summed E-state index contributed by atoms with van der Waals surface area (Å²) in [5, 5.41) is 28.2. The number of methoxy groups -OCH3 is 2. The molecule has 3 heterocycles. The highest BCUT2D eigenvalue weighted by Crippen LogP contribution is 2.51. The molecule has 3 aromatic rings. The number of likely N-dealkylation sites (N-methyl/N-ethyl adjacent to an activating group) is 1. The Morgan fingerprint density at radius 2 is 1.82 bits per heavy atom. The number of thioether (sulfide) groups is 1. The van der Waals surface area contributed by atoms with Gasteiger partial charge in [0, 0.05) is 54.1 Å². The van der Waals surface area contributed by atoms with Crippen LogP contribution in [-0.4, -0.2) is 99.5 Å². The summed E-state index contributed by atoms with van der Waals surface area (Å²) in [7, 11) is 5.07. The second-order valence-electron chi connectivity index (χ2n) is 14.9. The molecule has 57 heavy (non-hydrogen) atoms. The van der Waals surface area contributed by atoms with Crippen molar-refractivity contribution in [2.75, 3.05) is 66.4 Å². The Hall–Kier alpha value is -4.21. The fourth-order valence-corrected chi connectivity index (χ4v) is 9.72. The van der Waals surface area contributed by atoms with Crippen molar-refractivity contribution in [3.63, 3.8) is 0 Å². The summed E-state index contributed by atoms with van der Waals surface area (Å²) in [4.78, 5) is 29.3. The highest BCUT2D eigenvalue weighted by Gasteiger charge is 2.42. The van der Waals surface area contributed by atoms with Gasteiger partial charge in [-0.3, -0.25) is 9.69 Å². The Bertz CT molecular complexity index is 1970. The second-order valence-corrected chi connectivity index (χ2v) is 15.8. The molecular weight excluding hydrogens is 751 g/mol. The van der Waals surface area contributed by atoms with Crippen LogP contribution in [0.2, 0.25) is 0 Å². The van der Waals surface area contributed by atoms with E-state index in [1.807, 2.05) is 33.9 Å². The number of hydrogen-bond acceptors (Lipinski definition) is 14. The maximum absolute atomic E-state index is 14.4. The predicted octanol–water partition coefficient (Wildman–Crippen LogP) is 5.33. The molecule has 0 bridgehead atoms. The highest BCUT2D eigenvalue weighted by atomic mass is 32.2. The summed E-state index contributed by atoms with van der Waals surface area (Å²) in [6.07, 6.45) is 5.48. The smallest absolute Gasteiger partial charge is 0.327 e. The van der Waals surface area contributed by atoms with Gasteiger partial charge in [0.1, 0.15) is 24.1 Å². The molecule has 0 aromatic heterocycles. The molecule has 0 saturated heterocycles. The van der Waals surface area contributed by atoms with Gasteiger partial charge in [0.15, 0.2) is 23.0 Å². The van der Waals surface area contributed by atoms with E-state index in [2.05, 4.69) is 33.9 Å². The quantitative estimate of drug-likeness (QED) is 0.123. The van der Waals surface area contributed by atoms with E-state index in [0.717, 1.165) is 46.2 Å². The number of aryl methyl sites for hydroxylation is 3. The average Bonchev–Trinajstić information content (AvgIpc) is 3.68. The summed E-state index contributed by atoms with van der Waals surface area (Å²) in [5.74, 6) is 2.35. The number of aliphatic hydroxyl groups is 1. The van der Waals surface area contributed by atoms with Crippen molar-refractivity contribution >= 4 is 23.7 Å². The number of carbonyl (C=O) groups excluding carboxylic acids is 2. The van der Waals surface area contributed by atoms with Crippen LogP contribution in [0.4, 0.5) is 0 Å². The van der Waals surface area contributed by atoms with E-state index in [-0.39, 0.29) is 37.8 Å². The first-order valence-corrected chi connectivity index (χ1v) is 21.0. The Balaban J connectivity index is 1.47. The predicted molar refractivity (Wildman–Crippen MR) is 218 cm³/mol. The van der Waals surface area contributed by atoms with Crippen molar-refractivity contribution in [2.45, 2.75) is 84.0 Å². The molecule has 6 rings (SSSR count). The molecule has 1 unspecified atom stereocenters. The van der Waals surface area contributed by atoms with Crippen molar-refractivity contribution < 1.29 is 48.2 Å². The average molecular weight is 808 g/mol. The van der Waals surface area contributed by atoms with Crippen LogP contribution in [0.5, 0.6) is 34.5 Å². The second kappa shape index (κ2) is 18.6. The van der Waals surface area contributed by atoms with Gasteiger partial charge in [0.05, 0.1) is 26.3 Å². The molecule has 3 aromatic carbocycles. The van der Waals surface area contributed by atoms with E-state index >= 15 is 0 Å². The molecular formula is C43H57N3O10S. The number of esters is 2. The minimum Gasteiger partial charge on any atom is -0.504 e. The highest BCUT2D eigenvalue weighted by molar-refractivity contribution is 7.98. The Labute approximate surface area is 339 Å². The third-order valence-electron chi connectivity index (χ3n) is 11.5. The van der Waals surface area contributed by atoms with E-state index in [9.17, 15) is 19.8 Å². The van der Waals surface area contributed by atoms with E-state index in [4.69, 9.17) is 28.4 Å². The molecule has 0 fully saturated rings. The SMILES string of the molecule is CN[C@@H]1c2c(cc(C)c(OC)c2O)CCCN([C@@H](COC(=O)[C@@H]2NCCc3cc(CCCO)c(OC)cc32)c2c(C)c(OC(C)=O)c(C)c3c2OCO3)C1CSC. The van der Waals surface area contributed by atoms with Gasteiger partial charge in [-0.1, -0.05) is 12.1 Å². The molecule has 0 saturated carbocycles. The molecule has 3 aliphatic rings. The summed E-state index contributed by atoms with van der Waals surface area (Å²) in [6, 6.07) is 4.17. The molecule has 14 heteroatoms. The van der Waals surface area contributed by atoms with Crippen LogP contribution >= 0.6 is 11.8 Å². The fourth-order valence-electron chi connectivity index (χ4n) is 8.99. The van der Waals surface area contributed by atoms with Crippen LogP contribution in [-0.2, 0) is 33.6 Å². The number of hydrogen-bond donors (Lipinski definition) is 4. The van der Waals surface area contributed by atoms with Crippen molar-refractivity contribution in [1.82, 2.24) is 15.5 Å². The van der Waals surface area contributed by atoms with Crippen LogP contribution in [0.25, 0.3) is 0 Å². The normalized spacial score (nSPS) is 19.5. The lowest BCUT2D eigenvalue weighted by Gasteiger charge is -2.44. The minimum atomic E-state index is -0.741. The summed E-state index contributed by atoms with van der Waals surface area (Å²) >= 11 is 1.68. The summed E-state index contributed by atoms with van der Waals surface area (Å²) < 4.78 is 36.0. The Kier molecular flexibility index (Phi) is 13.8. The first-order chi connectivity index (χ1) is 27.5. The topological polar surface area (TPSA) is 157 Å². The largest absolute Gasteiger partial charge is 0.504 e. The van der Waals surface area contributed by atoms with Crippen molar-refractivity contribution in [2.24, 2.45) is 0 Å². The number of phenolic OH excluding ortho intramolecular Hbond substituents is 1. The van der Waals surface area contributed by atoms with E-state index in [1.165, 1.54) is 6.92 Å². The van der Waals surface area contributed by atoms with Crippen molar-refractivity contribution in [1.29, 1.82) is 0 Å². The first kappa shape index (κ1) is 42.4. The van der Waals surface area contributed by atoms with Gasteiger partial charge in [0.25, 0.3) is 0 Å². The van der Waals surface area contributed by atoms with Gasteiger partial charge in [-0.15, -0.1) is 0 Å². The lowest BCUT2D eigenvalue weighted by molar-refractivity contribution is -0.149. The van der Waals surface area contributed by atoms with Crippen LogP contribution in [0.1, 0.15) is 88.0 Å². The van der Waals surface area contributed by atoms with E-state index in [0.29, 0.717) is 83.5 Å². The number of benzene rings is 3. The van der Waals surface area contributed by atoms with E-state index < -0.39 is 24.0 Å². The first-order valence-electron chi connectivity index (χ1n) is 19.6. The number of ether oxygens (including phenoxy) is 6. The maximum Gasteiger partial charge on any atom is 0.327 e. The van der Waals surface area contributed by atoms with Crippen molar-refractivity contribution in [3.05, 3.63) is 68.3 Å². The maximum atomic E-state index is 14.4. The third kappa shape index (κ3) is 8.38. The van der Waals surface area contributed by atoms with Crippen LogP contribution < -0.4 is 34.3 Å². The lowest BCUT2D eigenvalue weighted by Crippen LogP contribution is -2.50. The number of nitrogens with one attached hydrogen (secondary N) is 2. The number of phenols is 1. The number of aromatic hydroxyl groups is 1. The Morgan fingerprint density at radius 3 is 2.51 bits per heavy atom. The van der Waals surface area contributed by atoms with Gasteiger partial charge in [-0.05, 0) is 107 Å². The summed E-state index contributed by atoms with van der Waals surface area (Å²) in [6.45, 7) is 8.24. The molecule has 0 amide bonds. The van der Waals surface area contributed by atoms with Crippen LogP contribution in [0.15, 0.2) is 18.2 Å². The zero-order valence-electron chi connectivity index (χ0n) is 34.3. The molecule has 0 aliphatic carbocycles. The number of aliphatic hydroxyl groups excluding tert-OH is 1. The van der Waals surface area contributed by atoms with Crippen molar-refractivity contribution in [3.8, 4) is 34.5 Å². The molecule has 0 spiro atoms. The van der Waals surface area contributed by atoms with Crippen LogP contribution in [0, 0.1) is 20.8 Å². The lowest BCUT2D eigenvalue weighted by atomic mass is 9.85. The number of nitrogens with zero attached hydrogens (tertiary/aromatic N) is 1. The molecule has 3 aliphatic heterocycles. The molecule has 13 nitrogen and oxygen atoms in total. The minimum absolute atomic E-state index is 0.0165. The Morgan fingerprint density at radius 1 is 1.05 bits per heavy atom. The van der Waals surface area contributed by atoms with Gasteiger partial charge < -0.3 is 49.3 Å². The summed E-state index contributed by atoms with van der Waals surface area (Å²) in [5.41, 5.74) is 7.56. The van der Waals surface area contributed by atoms with Crippen LogP contribution in [0.3, 0.4) is 0 Å². The standard InChI is InChI=1S/C43H57N3O10S/c1-23-17-29-11-9-15-46(32(21-57-8)37(44-5)35(29)38(49)39(23)52-7)31(34-24(2)40(56-26(4)48)25(3)41-42(34)55-22-54-41)20-53-43(50)36-30-19-33(51-6)28(12-10-16-47)18-27(30)13-14-45-36/h17-19,31-32,36-37,44-45,47,49H,9-16,20-22H2,1-8H3/t31-,32?,36+,37-/m0/s1. The number of carbonyl (C=O) groups is 2. The zero-order chi connectivity index (χ0) is 41.0. The fraction of sp³-hybridized carbons (Fsp3) is 0.535. The molecule has 4 atom stereocenters. The number of fused-ring (bicyclic) bond motifs is 3. The monoisotopic (exact) mass is 807 g/mol. The zero-order valence-corrected chi connectivity index (χ0v) is 35.2. The number of rotatable bonds is 14. The molecule has 0 radical (unpaired) electrons. The molecule has 310 valence electrons. The van der Waals surface area contributed by atoms with Gasteiger partial charge in [-0.2, -0.15) is 11.8 Å². The molecule has 4 N–H and O–H groups in total. The van der Waals surface area contributed by atoms with E-state index in [1.54, 1.807) is 26.0 Å². The third-order valence-corrected chi connectivity index (χ3v) is 12.2.